The smallest absolute Gasteiger partial charge is 0.266 e. The predicted molar refractivity (Wildman–Crippen MR) is 96.9 cm³/mol. The third kappa shape index (κ3) is 4.01. The Morgan fingerprint density at radius 1 is 1.04 bits per heavy atom. The van der Waals surface area contributed by atoms with Crippen LogP contribution in [0, 0.1) is 0 Å². The average Bonchev–Trinajstić information content (AvgIpc) is 2.61. The van der Waals surface area contributed by atoms with Crippen LogP contribution in [0.3, 0.4) is 0 Å². The number of amides is 1. The van der Waals surface area contributed by atoms with E-state index in [0.29, 0.717) is 17.1 Å². The molecule has 0 aliphatic carbocycles. The fourth-order valence-electron chi connectivity index (χ4n) is 2.41. The number of anilines is 1. The summed E-state index contributed by atoms with van der Waals surface area (Å²) in [6, 6.07) is 18.1. The fraction of sp³-hybridized carbons (Fsp3) is 0.150. The Morgan fingerprint density at radius 2 is 1.84 bits per heavy atom. The van der Waals surface area contributed by atoms with Crippen molar-refractivity contribution in [2.24, 2.45) is 0 Å². The highest BCUT2D eigenvalue weighted by Crippen LogP contribution is 2.17. The Balaban J connectivity index is 1.69. The van der Waals surface area contributed by atoms with Crippen molar-refractivity contribution in [3.63, 3.8) is 0 Å². The zero-order chi connectivity index (χ0) is 17.8. The molecule has 0 bridgehead atoms. The summed E-state index contributed by atoms with van der Waals surface area (Å²) in [4.78, 5) is 28.2. The highest BCUT2D eigenvalue weighted by atomic mass is 16.5. The van der Waals surface area contributed by atoms with Crippen molar-refractivity contribution in [3.8, 4) is 5.75 Å². The number of benzene rings is 2. The fourth-order valence-corrected chi connectivity index (χ4v) is 2.41. The summed E-state index contributed by atoms with van der Waals surface area (Å²) in [6.07, 6.45) is -0.726. The molecule has 1 unspecified atom stereocenters. The molecule has 3 rings (SSSR count). The van der Waals surface area contributed by atoms with E-state index in [0.717, 1.165) is 10.9 Å². The Morgan fingerprint density at radius 3 is 2.64 bits per heavy atom. The molecule has 3 aromatic rings. The summed E-state index contributed by atoms with van der Waals surface area (Å²) in [5.41, 5.74) is 1.35. The third-order valence-electron chi connectivity index (χ3n) is 3.77. The molecule has 25 heavy (non-hydrogen) atoms. The van der Waals surface area contributed by atoms with Crippen LogP contribution >= 0.6 is 0 Å². The van der Waals surface area contributed by atoms with Crippen LogP contribution in [0.1, 0.15) is 24.2 Å². The lowest BCUT2D eigenvalue weighted by molar-refractivity contribution is -0.122. The monoisotopic (exact) mass is 334 g/mol. The molecule has 1 atom stereocenters. The molecule has 0 radical (unpaired) electrons. The molecule has 2 aromatic carbocycles. The molecule has 1 aromatic heterocycles. The minimum atomic E-state index is -0.726. The molecule has 1 N–H and O–H groups in total. The Kier molecular flexibility index (Phi) is 4.75. The number of nitrogens with zero attached hydrogens (tertiary/aromatic N) is 1. The molecule has 0 saturated carbocycles. The van der Waals surface area contributed by atoms with E-state index >= 15 is 0 Å². The molecular weight excluding hydrogens is 316 g/mol. The number of Topliss-reactive ketones (excluding diaryl/α,β-unsaturated/α-hetero) is 1. The van der Waals surface area contributed by atoms with Gasteiger partial charge < -0.3 is 10.1 Å². The van der Waals surface area contributed by atoms with Gasteiger partial charge in [0.25, 0.3) is 5.91 Å². The van der Waals surface area contributed by atoms with Crippen molar-refractivity contribution in [2.75, 3.05) is 5.32 Å². The number of carbonyl (C=O) groups excluding carboxylic acids is 2. The number of nitrogens with one attached hydrogen (secondary N) is 1. The number of rotatable bonds is 5. The first-order valence-electron chi connectivity index (χ1n) is 7.97. The summed E-state index contributed by atoms with van der Waals surface area (Å²) >= 11 is 0. The molecule has 0 aliphatic rings. The van der Waals surface area contributed by atoms with E-state index in [1.165, 1.54) is 6.92 Å². The van der Waals surface area contributed by atoms with Crippen LogP contribution in [-0.2, 0) is 4.79 Å². The van der Waals surface area contributed by atoms with Crippen molar-refractivity contribution in [3.05, 3.63) is 66.2 Å². The molecule has 0 aliphatic heterocycles. The maximum Gasteiger partial charge on any atom is 0.266 e. The van der Waals surface area contributed by atoms with Gasteiger partial charge in [0, 0.05) is 10.9 Å². The highest BCUT2D eigenvalue weighted by molar-refractivity contribution is 5.95. The van der Waals surface area contributed by atoms with E-state index in [4.69, 9.17) is 4.74 Å². The van der Waals surface area contributed by atoms with Crippen LogP contribution in [0.25, 0.3) is 10.9 Å². The number of hydrogen-bond donors (Lipinski definition) is 1. The quantitative estimate of drug-likeness (QED) is 0.720. The van der Waals surface area contributed by atoms with Gasteiger partial charge >= 0.3 is 0 Å². The van der Waals surface area contributed by atoms with Gasteiger partial charge in [-0.25, -0.2) is 4.98 Å². The molecule has 0 fully saturated rings. The highest BCUT2D eigenvalue weighted by Gasteiger charge is 2.16. The molecule has 126 valence electrons. The number of hydrogen-bond acceptors (Lipinski definition) is 4. The number of para-hydroxylation sites is 1. The Bertz CT molecular complexity index is 937. The first-order chi connectivity index (χ1) is 12.0. The van der Waals surface area contributed by atoms with Crippen molar-refractivity contribution in [1.29, 1.82) is 0 Å². The van der Waals surface area contributed by atoms with Crippen molar-refractivity contribution in [2.45, 2.75) is 20.0 Å². The zero-order valence-electron chi connectivity index (χ0n) is 14.0. The summed E-state index contributed by atoms with van der Waals surface area (Å²) in [7, 11) is 0. The maximum atomic E-state index is 12.3. The molecule has 1 heterocycles. The minimum Gasteiger partial charge on any atom is -0.481 e. The van der Waals surface area contributed by atoms with Crippen LogP contribution in [0.15, 0.2) is 60.7 Å². The summed E-state index contributed by atoms with van der Waals surface area (Å²) in [5, 5.41) is 3.75. The Labute approximate surface area is 145 Å². The minimum absolute atomic E-state index is 0.0529. The summed E-state index contributed by atoms with van der Waals surface area (Å²) < 4.78 is 5.63. The predicted octanol–water partition coefficient (Wildman–Crippen LogP) is 3.84. The zero-order valence-corrected chi connectivity index (χ0v) is 14.0. The van der Waals surface area contributed by atoms with E-state index in [2.05, 4.69) is 10.3 Å². The van der Waals surface area contributed by atoms with Crippen LogP contribution < -0.4 is 10.1 Å². The lowest BCUT2D eigenvalue weighted by Gasteiger charge is -2.15. The standard InChI is InChI=1S/C20H18N2O3/c1-13(23)16-7-5-8-17(12-16)25-14(2)20(24)22-19-11-10-15-6-3-4-9-18(15)21-19/h3-12,14H,1-2H3,(H,21,22,24). The van der Waals surface area contributed by atoms with Crippen LogP contribution in [0.4, 0.5) is 5.82 Å². The molecule has 5 heteroatoms. The Hall–Kier alpha value is -3.21. The van der Waals surface area contributed by atoms with Crippen LogP contribution in [0.5, 0.6) is 5.75 Å². The molecular formula is C20H18N2O3. The van der Waals surface area contributed by atoms with E-state index in [9.17, 15) is 9.59 Å². The van der Waals surface area contributed by atoms with Gasteiger partial charge in [-0.05, 0) is 44.2 Å². The number of carbonyl (C=O) groups is 2. The second-order valence-corrected chi connectivity index (χ2v) is 5.72. The van der Waals surface area contributed by atoms with Gasteiger partial charge in [0.1, 0.15) is 11.6 Å². The molecule has 0 saturated heterocycles. The summed E-state index contributed by atoms with van der Waals surface area (Å²) in [5.74, 6) is 0.581. The maximum absolute atomic E-state index is 12.3. The number of pyridine rings is 1. The van der Waals surface area contributed by atoms with Gasteiger partial charge in [0.2, 0.25) is 0 Å². The van der Waals surface area contributed by atoms with E-state index in [1.807, 2.05) is 30.3 Å². The average molecular weight is 334 g/mol. The van der Waals surface area contributed by atoms with E-state index in [-0.39, 0.29) is 11.7 Å². The van der Waals surface area contributed by atoms with Crippen molar-refractivity contribution < 1.29 is 14.3 Å². The van der Waals surface area contributed by atoms with Gasteiger partial charge in [-0.1, -0.05) is 30.3 Å². The van der Waals surface area contributed by atoms with Crippen LogP contribution in [0.2, 0.25) is 0 Å². The van der Waals surface area contributed by atoms with E-state index in [1.54, 1.807) is 37.3 Å². The molecule has 0 spiro atoms. The third-order valence-corrected chi connectivity index (χ3v) is 3.77. The first kappa shape index (κ1) is 16.6. The van der Waals surface area contributed by atoms with Crippen molar-refractivity contribution >= 4 is 28.4 Å². The molecule has 1 amide bonds. The number of ether oxygens (including phenoxy) is 1. The topological polar surface area (TPSA) is 68.3 Å². The largest absolute Gasteiger partial charge is 0.481 e. The van der Waals surface area contributed by atoms with Gasteiger partial charge in [0.05, 0.1) is 5.52 Å². The second-order valence-electron chi connectivity index (χ2n) is 5.72. The first-order valence-corrected chi connectivity index (χ1v) is 7.97. The van der Waals surface area contributed by atoms with Gasteiger partial charge in [-0.15, -0.1) is 0 Å². The van der Waals surface area contributed by atoms with Crippen LogP contribution in [-0.4, -0.2) is 22.8 Å². The number of fused-ring (bicyclic) bond motifs is 1. The second kappa shape index (κ2) is 7.13. The SMILES string of the molecule is CC(=O)c1cccc(OC(C)C(=O)Nc2ccc3ccccc3n2)c1. The van der Waals surface area contributed by atoms with Gasteiger partial charge in [-0.2, -0.15) is 0 Å². The van der Waals surface area contributed by atoms with Gasteiger partial charge in [-0.3, -0.25) is 9.59 Å². The van der Waals surface area contributed by atoms with E-state index < -0.39 is 6.10 Å². The molecule has 5 nitrogen and oxygen atoms in total. The normalized spacial score (nSPS) is 11.8. The number of aromatic nitrogens is 1. The summed E-state index contributed by atoms with van der Waals surface area (Å²) in [6.45, 7) is 3.14. The lowest BCUT2D eigenvalue weighted by atomic mass is 10.1. The number of ketones is 1. The van der Waals surface area contributed by atoms with Crippen molar-refractivity contribution in [1.82, 2.24) is 4.98 Å². The van der Waals surface area contributed by atoms with Gasteiger partial charge in [0.15, 0.2) is 11.9 Å². The lowest BCUT2D eigenvalue weighted by Crippen LogP contribution is -2.30.